The summed E-state index contributed by atoms with van der Waals surface area (Å²) in [6, 6.07) is 10.6. The number of benzene rings is 1. The maximum absolute atomic E-state index is 5.53. The summed E-state index contributed by atoms with van der Waals surface area (Å²) in [6.07, 6.45) is 0. The molecule has 0 aliphatic rings. The van der Waals surface area contributed by atoms with Crippen molar-refractivity contribution < 1.29 is 3.79 Å². The van der Waals surface area contributed by atoms with Crippen LogP contribution in [0.1, 0.15) is 0 Å². The minimum absolute atomic E-state index is 0.911. The van der Waals surface area contributed by atoms with Crippen LogP contribution in [0.15, 0.2) is 24.3 Å². The van der Waals surface area contributed by atoms with E-state index in [1.54, 1.807) is 0 Å². The van der Waals surface area contributed by atoms with Crippen molar-refractivity contribution in [3.8, 4) is 5.75 Å². The third-order valence-electron chi connectivity index (χ3n) is 1.06. The Labute approximate surface area is 66.4 Å². The Bertz CT molecular complexity index is 184. The first-order valence-corrected chi connectivity index (χ1v) is 6.20. The van der Waals surface area contributed by atoms with Gasteiger partial charge in [-0.3, -0.25) is 0 Å². The van der Waals surface area contributed by atoms with E-state index in [1.165, 1.54) is 0 Å². The summed E-state index contributed by atoms with van der Waals surface area (Å²) in [5, 5.41) is 0. The fraction of sp³-hybridized carbons (Fsp3) is 0.250. The molecule has 1 aromatic carbocycles. The average molecular weight is 149 g/mol. The molecule has 0 saturated carbocycles. The van der Waals surface area contributed by atoms with Crippen LogP contribution < -0.4 is 3.79 Å². The molecular weight excluding hydrogens is 139 g/mol. The largest absolute Gasteiger partial charge is 0.643 e. The summed E-state index contributed by atoms with van der Waals surface area (Å²) < 4.78 is 5.53. The molecule has 0 unspecified atom stereocenters. The van der Waals surface area contributed by atoms with Crippen molar-refractivity contribution in [2.45, 2.75) is 11.6 Å². The fourth-order valence-corrected chi connectivity index (χ4v) is 1.42. The third-order valence-corrected chi connectivity index (χ3v) is 1.80. The Morgan fingerprint density at radius 1 is 1.30 bits per heavy atom. The zero-order chi connectivity index (χ0) is 7.40. The Morgan fingerprint density at radius 3 is 2.40 bits per heavy atom. The minimum Gasteiger partial charge on any atom is -0.643 e. The van der Waals surface area contributed by atoms with Gasteiger partial charge in [-0.05, 0) is 18.2 Å². The molecule has 0 spiro atoms. The molecule has 10 heavy (non-hydrogen) atoms. The molecule has 2 heteroatoms. The zero-order valence-electron chi connectivity index (χ0n) is 6.29. The summed E-state index contributed by atoms with van der Waals surface area (Å²) in [4.78, 5) is 0. The van der Waals surface area contributed by atoms with Crippen LogP contribution in [-0.2, 0) is 0 Å². The molecule has 0 saturated heterocycles. The Hall–Kier alpha value is -0.448. The lowest BCUT2D eigenvalue weighted by molar-refractivity contribution is 0.581. The maximum atomic E-state index is 5.53. The summed E-state index contributed by atoms with van der Waals surface area (Å²) >= 11 is -0.911. The highest BCUT2D eigenvalue weighted by molar-refractivity contribution is 6.49. The van der Waals surface area contributed by atoms with E-state index in [1.807, 2.05) is 24.3 Å². The first-order chi connectivity index (χ1) is 4.79. The van der Waals surface area contributed by atoms with E-state index in [0.29, 0.717) is 0 Å². The Morgan fingerprint density at radius 2 is 1.90 bits per heavy atom. The van der Waals surface area contributed by atoms with Crippen LogP contribution in [0.3, 0.4) is 0 Å². The van der Waals surface area contributed by atoms with E-state index in [9.17, 15) is 0 Å². The molecular formula is C8H10AlO. The van der Waals surface area contributed by atoms with E-state index in [0.717, 1.165) is 5.75 Å². The van der Waals surface area contributed by atoms with Gasteiger partial charge < -0.3 is 3.79 Å². The standard InChI is InChI=1S/C6H5O.2CH3.Al/c7-6-4-2-1-3-5-6;;;/h2-5,7H;2*1H3;/q;;;+1/p-1. The lowest BCUT2D eigenvalue weighted by Gasteiger charge is -2.06. The molecule has 1 rings (SSSR count). The molecule has 1 aromatic rings. The minimum atomic E-state index is -0.911. The predicted molar refractivity (Wildman–Crippen MR) is 43.4 cm³/mol. The molecule has 51 valence electrons. The average Bonchev–Trinajstić information content (AvgIpc) is 1.88. The SMILES string of the molecule is [CH3][Al]([CH3])[O]c1cc[c]cc1. The zero-order valence-corrected chi connectivity index (χ0v) is 7.45. The van der Waals surface area contributed by atoms with E-state index < -0.39 is 14.5 Å². The highest BCUT2D eigenvalue weighted by Gasteiger charge is 2.05. The van der Waals surface area contributed by atoms with Crippen LogP contribution in [0.4, 0.5) is 0 Å². The van der Waals surface area contributed by atoms with Crippen LogP contribution in [0, 0.1) is 6.07 Å². The van der Waals surface area contributed by atoms with Gasteiger partial charge in [-0.1, -0.05) is 23.7 Å². The van der Waals surface area contributed by atoms with Gasteiger partial charge in [0.05, 0.1) is 5.75 Å². The van der Waals surface area contributed by atoms with Crippen LogP contribution in [0.5, 0.6) is 5.75 Å². The predicted octanol–water partition coefficient (Wildman–Crippen LogP) is 2.12. The smallest absolute Gasteiger partial charge is 0.539 e. The van der Waals surface area contributed by atoms with Gasteiger partial charge in [-0.15, -0.1) is 0 Å². The van der Waals surface area contributed by atoms with E-state index >= 15 is 0 Å². The van der Waals surface area contributed by atoms with Crippen molar-refractivity contribution in [3.63, 3.8) is 0 Å². The molecule has 0 atom stereocenters. The van der Waals surface area contributed by atoms with Crippen LogP contribution in [0.25, 0.3) is 0 Å². The molecule has 0 bridgehead atoms. The lowest BCUT2D eigenvalue weighted by atomic mass is 10.3. The molecule has 0 aliphatic heterocycles. The second-order valence-electron chi connectivity index (χ2n) is 2.40. The summed E-state index contributed by atoms with van der Waals surface area (Å²) in [6.45, 7) is 0. The number of hydrogen-bond acceptors (Lipinski definition) is 1. The molecule has 0 heterocycles. The Kier molecular flexibility index (Phi) is 2.80. The summed E-state index contributed by atoms with van der Waals surface area (Å²) in [7, 11) is 0. The monoisotopic (exact) mass is 149 g/mol. The van der Waals surface area contributed by atoms with Crippen LogP contribution in [0.2, 0.25) is 11.6 Å². The van der Waals surface area contributed by atoms with Crippen molar-refractivity contribution >= 4 is 14.5 Å². The highest BCUT2D eigenvalue weighted by atomic mass is 27.2. The van der Waals surface area contributed by atoms with Gasteiger partial charge in [-0.2, -0.15) is 0 Å². The van der Waals surface area contributed by atoms with Crippen molar-refractivity contribution in [2.75, 3.05) is 0 Å². The molecule has 0 amide bonds. The van der Waals surface area contributed by atoms with Crippen molar-refractivity contribution in [2.24, 2.45) is 0 Å². The maximum Gasteiger partial charge on any atom is 0.539 e. The molecule has 1 radical (unpaired) electrons. The molecule has 0 fully saturated rings. The van der Waals surface area contributed by atoms with Crippen LogP contribution >= 0.6 is 0 Å². The van der Waals surface area contributed by atoms with Crippen molar-refractivity contribution in [1.82, 2.24) is 0 Å². The second-order valence-corrected chi connectivity index (χ2v) is 4.74. The quantitative estimate of drug-likeness (QED) is 0.585. The normalized spacial score (nSPS) is 9.00. The highest BCUT2D eigenvalue weighted by Crippen LogP contribution is 2.08. The van der Waals surface area contributed by atoms with Gasteiger partial charge in [0.25, 0.3) is 0 Å². The van der Waals surface area contributed by atoms with Crippen molar-refractivity contribution in [3.05, 3.63) is 30.3 Å². The summed E-state index contributed by atoms with van der Waals surface area (Å²) in [5.41, 5.74) is 0. The molecule has 0 aromatic heterocycles. The number of rotatable bonds is 2. The fourth-order valence-electron chi connectivity index (χ4n) is 0.722. The first-order valence-electron chi connectivity index (χ1n) is 3.42. The van der Waals surface area contributed by atoms with Gasteiger partial charge in [0, 0.05) is 0 Å². The van der Waals surface area contributed by atoms with Gasteiger partial charge >= 0.3 is 14.5 Å². The van der Waals surface area contributed by atoms with E-state index in [2.05, 4.69) is 17.6 Å². The second kappa shape index (κ2) is 3.66. The van der Waals surface area contributed by atoms with Gasteiger partial charge in [-0.25, -0.2) is 0 Å². The molecule has 0 aliphatic carbocycles. The molecule has 0 N–H and O–H groups in total. The Balaban J connectivity index is 2.59. The van der Waals surface area contributed by atoms with E-state index in [-0.39, 0.29) is 0 Å². The topological polar surface area (TPSA) is 9.23 Å². The lowest BCUT2D eigenvalue weighted by Crippen LogP contribution is -2.10. The third kappa shape index (κ3) is 2.43. The van der Waals surface area contributed by atoms with E-state index in [4.69, 9.17) is 3.79 Å². The summed E-state index contributed by atoms with van der Waals surface area (Å²) in [5.74, 6) is 5.27. The van der Waals surface area contributed by atoms with Gasteiger partial charge in [0.1, 0.15) is 0 Å². The van der Waals surface area contributed by atoms with Gasteiger partial charge in [0.2, 0.25) is 0 Å². The first kappa shape index (κ1) is 7.66. The van der Waals surface area contributed by atoms with Gasteiger partial charge in [0.15, 0.2) is 0 Å². The number of hydrogen-bond donors (Lipinski definition) is 0. The molecule has 1 nitrogen and oxygen atoms in total. The van der Waals surface area contributed by atoms with Crippen LogP contribution in [-0.4, -0.2) is 14.5 Å². The van der Waals surface area contributed by atoms with Crippen molar-refractivity contribution in [1.29, 1.82) is 0 Å².